The van der Waals surface area contributed by atoms with E-state index >= 15 is 0 Å². The van der Waals surface area contributed by atoms with Crippen molar-refractivity contribution in [2.75, 3.05) is 0 Å². The molecule has 0 unspecified atom stereocenters. The average molecular weight is 998 g/mol. The van der Waals surface area contributed by atoms with E-state index in [9.17, 15) is 0 Å². The SMILES string of the molecule is Cc1c[c-]c(-c2ccc(C)cn2)cc1.Cc1ccc2ccc3c4cc[c-]c(-c5cc(-c6cc7ccc(-c8c(C)cc(C(C)(C)C)cc8C)cc7cc6C)c(C)cn5)c4oc3c2n1.[Ir]. The number of hydrogen-bond donors (Lipinski definition) is 0. The Kier molecular flexibility index (Phi) is 11.8. The maximum absolute atomic E-state index is 6.62. The summed E-state index contributed by atoms with van der Waals surface area (Å²) < 4.78 is 6.62. The smallest absolute Gasteiger partial charge is 0.147 e. The summed E-state index contributed by atoms with van der Waals surface area (Å²) in [6, 6.07) is 47.7. The second kappa shape index (κ2) is 17.1. The predicted molar refractivity (Wildman–Crippen MR) is 260 cm³/mol. The molecule has 0 N–H and O–H groups in total. The fourth-order valence-electron chi connectivity index (χ4n) is 8.62. The molecule has 1 radical (unpaired) electrons. The van der Waals surface area contributed by atoms with E-state index < -0.39 is 0 Å². The van der Waals surface area contributed by atoms with Crippen LogP contribution in [0.2, 0.25) is 0 Å². The molecule has 10 aromatic rings. The zero-order valence-corrected chi connectivity index (χ0v) is 40.1. The fourth-order valence-corrected chi connectivity index (χ4v) is 8.62. The van der Waals surface area contributed by atoms with Crippen LogP contribution >= 0.6 is 0 Å². The fraction of sp³-hybridized carbons (Fsp3) is 0.190. The van der Waals surface area contributed by atoms with E-state index in [2.05, 4.69) is 157 Å². The van der Waals surface area contributed by atoms with Gasteiger partial charge in [0.05, 0.1) is 5.58 Å². The first-order chi connectivity index (χ1) is 29.7. The van der Waals surface area contributed by atoms with Gasteiger partial charge in [-0.3, -0.25) is 0 Å². The molecule has 63 heavy (non-hydrogen) atoms. The third-order valence-corrected chi connectivity index (χ3v) is 12.1. The first kappa shape index (κ1) is 43.4. The zero-order valence-electron chi connectivity index (χ0n) is 37.7. The van der Waals surface area contributed by atoms with E-state index in [0.29, 0.717) is 0 Å². The van der Waals surface area contributed by atoms with Crippen molar-refractivity contribution in [2.24, 2.45) is 0 Å². The van der Waals surface area contributed by atoms with E-state index in [1.165, 1.54) is 60.8 Å². The van der Waals surface area contributed by atoms with Crippen molar-refractivity contribution >= 4 is 43.6 Å². The van der Waals surface area contributed by atoms with Crippen molar-refractivity contribution < 1.29 is 24.5 Å². The Balaban J connectivity index is 0.000000309. The number of rotatable bonds is 4. The molecule has 0 fully saturated rings. The molecule has 4 heterocycles. The van der Waals surface area contributed by atoms with Gasteiger partial charge in [-0.05, 0) is 143 Å². The molecule has 0 saturated heterocycles. The van der Waals surface area contributed by atoms with E-state index in [1.807, 2.05) is 56.6 Å². The molecule has 4 aromatic heterocycles. The van der Waals surface area contributed by atoms with Crippen LogP contribution < -0.4 is 0 Å². The van der Waals surface area contributed by atoms with Crippen LogP contribution in [0.5, 0.6) is 0 Å². The first-order valence-electron chi connectivity index (χ1n) is 21.4. The minimum absolute atomic E-state index is 0. The normalized spacial score (nSPS) is 11.5. The molecule has 0 spiro atoms. The summed E-state index contributed by atoms with van der Waals surface area (Å²) in [6.07, 6.45) is 3.85. The molecule has 5 heteroatoms. The maximum Gasteiger partial charge on any atom is 0.147 e. The molecule has 6 aromatic carbocycles. The van der Waals surface area contributed by atoms with Gasteiger partial charge in [-0.1, -0.05) is 105 Å². The van der Waals surface area contributed by atoms with E-state index in [0.717, 1.165) is 72.2 Å². The van der Waals surface area contributed by atoms with Crippen LogP contribution in [0.25, 0.3) is 88.4 Å². The van der Waals surface area contributed by atoms with Gasteiger partial charge in [0.25, 0.3) is 0 Å². The van der Waals surface area contributed by atoms with Gasteiger partial charge in [-0.15, -0.1) is 53.6 Å². The summed E-state index contributed by atoms with van der Waals surface area (Å²) in [5.74, 6) is 0. The molecule has 0 aliphatic carbocycles. The second-order valence-electron chi connectivity index (χ2n) is 18.0. The first-order valence-corrected chi connectivity index (χ1v) is 21.4. The molecular weight excluding hydrogens is 947 g/mol. The Labute approximate surface area is 384 Å². The standard InChI is InChI=1S/C45H39N2O.C13H12N.Ir/c1-25-18-33-21-32(41-26(2)19-34(20-27(41)3)45(6,7)8)15-14-31(33)22-38(25)39-23-40(46-24-28(39)4)37-11-9-10-35-36-17-16-30-13-12-29(5)47-42(30)44(36)48-43(35)37;1-10-3-6-12(7-4-10)13-8-5-11(2)9-14-13;/h9-10,12-24H,1-8H3;3-6,8-9H,1-2H3;/q2*-1;. The average Bonchev–Trinajstić information content (AvgIpc) is 3.64. The van der Waals surface area contributed by atoms with Gasteiger partial charge in [0.1, 0.15) is 11.1 Å². The van der Waals surface area contributed by atoms with Crippen molar-refractivity contribution in [3.05, 3.63) is 184 Å². The molecule has 10 rings (SSSR count). The summed E-state index contributed by atoms with van der Waals surface area (Å²) in [6.45, 7) is 21.8. The van der Waals surface area contributed by atoms with Crippen molar-refractivity contribution in [3.63, 3.8) is 0 Å². The van der Waals surface area contributed by atoms with E-state index in [-0.39, 0.29) is 25.5 Å². The molecule has 0 bridgehead atoms. The minimum atomic E-state index is 0. The Morgan fingerprint density at radius 2 is 1.24 bits per heavy atom. The van der Waals surface area contributed by atoms with Crippen LogP contribution in [0.15, 0.2) is 132 Å². The Hall–Kier alpha value is -6.26. The molecule has 0 saturated carbocycles. The third kappa shape index (κ3) is 8.48. The van der Waals surface area contributed by atoms with Gasteiger partial charge in [-0.2, -0.15) is 0 Å². The summed E-state index contributed by atoms with van der Waals surface area (Å²) >= 11 is 0. The second-order valence-corrected chi connectivity index (χ2v) is 18.0. The number of benzene rings is 6. The summed E-state index contributed by atoms with van der Waals surface area (Å²) in [5, 5.41) is 5.63. The van der Waals surface area contributed by atoms with Gasteiger partial charge in [0, 0.05) is 49.0 Å². The van der Waals surface area contributed by atoms with Gasteiger partial charge < -0.3 is 14.4 Å². The molecule has 0 aliphatic heterocycles. The van der Waals surface area contributed by atoms with Gasteiger partial charge >= 0.3 is 0 Å². The maximum atomic E-state index is 6.62. The molecular formula is C58H51IrN3O-2. The Bertz CT molecular complexity index is 3270. The van der Waals surface area contributed by atoms with Crippen LogP contribution in [0, 0.1) is 60.6 Å². The van der Waals surface area contributed by atoms with Crippen LogP contribution in [-0.4, -0.2) is 15.0 Å². The topological polar surface area (TPSA) is 51.8 Å². The van der Waals surface area contributed by atoms with Crippen molar-refractivity contribution in [2.45, 2.75) is 74.7 Å². The molecule has 0 atom stereocenters. The number of nitrogens with zero attached hydrogens (tertiary/aromatic N) is 3. The Morgan fingerprint density at radius 1 is 0.540 bits per heavy atom. The van der Waals surface area contributed by atoms with Gasteiger partial charge in [0.2, 0.25) is 0 Å². The minimum Gasteiger partial charge on any atom is -0.498 e. The van der Waals surface area contributed by atoms with Crippen LogP contribution in [0.4, 0.5) is 0 Å². The van der Waals surface area contributed by atoms with Crippen molar-refractivity contribution in [1.82, 2.24) is 15.0 Å². The summed E-state index contributed by atoms with van der Waals surface area (Å²) in [5.41, 5.74) is 21.1. The van der Waals surface area contributed by atoms with Crippen LogP contribution in [-0.2, 0) is 25.5 Å². The number of furan rings is 1. The quantitative estimate of drug-likeness (QED) is 0.165. The van der Waals surface area contributed by atoms with E-state index in [1.54, 1.807) is 0 Å². The molecule has 315 valence electrons. The number of hydrogen-bond acceptors (Lipinski definition) is 4. The largest absolute Gasteiger partial charge is 0.498 e. The summed E-state index contributed by atoms with van der Waals surface area (Å²) in [4.78, 5) is 14.1. The van der Waals surface area contributed by atoms with Crippen molar-refractivity contribution in [1.29, 1.82) is 0 Å². The number of pyridine rings is 3. The number of aryl methyl sites for hydroxylation is 7. The molecule has 4 nitrogen and oxygen atoms in total. The predicted octanol–water partition coefficient (Wildman–Crippen LogP) is 15.5. The number of aromatic nitrogens is 3. The van der Waals surface area contributed by atoms with Crippen LogP contribution in [0.1, 0.15) is 65.4 Å². The third-order valence-electron chi connectivity index (χ3n) is 12.1. The monoisotopic (exact) mass is 998 g/mol. The molecule has 0 aliphatic rings. The zero-order chi connectivity index (χ0) is 43.4. The van der Waals surface area contributed by atoms with Crippen molar-refractivity contribution in [3.8, 4) is 44.8 Å². The van der Waals surface area contributed by atoms with Crippen LogP contribution in [0.3, 0.4) is 0 Å². The van der Waals surface area contributed by atoms with E-state index in [4.69, 9.17) is 14.4 Å². The molecule has 0 amide bonds. The summed E-state index contributed by atoms with van der Waals surface area (Å²) in [7, 11) is 0. The Morgan fingerprint density at radius 3 is 1.95 bits per heavy atom. The van der Waals surface area contributed by atoms with Gasteiger partial charge in [-0.25, -0.2) is 4.98 Å². The number of fused-ring (bicyclic) bond motifs is 6. The van der Waals surface area contributed by atoms with Gasteiger partial charge in [0.15, 0.2) is 0 Å².